The van der Waals surface area contributed by atoms with Crippen LogP contribution >= 0.6 is 0 Å². The third-order valence-corrected chi connectivity index (χ3v) is 3.95. The van der Waals surface area contributed by atoms with E-state index in [9.17, 15) is 9.18 Å². The van der Waals surface area contributed by atoms with E-state index in [1.54, 1.807) is 6.07 Å². The minimum atomic E-state index is -0.823. The first-order valence-electron chi connectivity index (χ1n) is 6.97. The Morgan fingerprint density at radius 3 is 2.90 bits per heavy atom. The maximum atomic E-state index is 14.0. The van der Waals surface area contributed by atoms with Gasteiger partial charge in [0.2, 0.25) is 0 Å². The zero-order valence-electron chi connectivity index (χ0n) is 11.2. The number of carboxylic acid groups (broad SMARTS) is 1. The molecule has 1 aromatic heterocycles. The van der Waals surface area contributed by atoms with Crippen LogP contribution in [0, 0.1) is 5.82 Å². The van der Waals surface area contributed by atoms with Crippen LogP contribution < -0.4 is 0 Å². The Kier molecular flexibility index (Phi) is 3.38. The molecule has 0 saturated carbocycles. The zero-order chi connectivity index (χ0) is 14.1. The number of nitrogens with zero attached hydrogens (tertiary/aromatic N) is 1. The summed E-state index contributed by atoms with van der Waals surface area (Å²) in [5, 5.41) is 9.69. The number of hydrogen-bond acceptors (Lipinski definition) is 2. The number of fused-ring (bicyclic) bond motifs is 2. The molecule has 104 valence electrons. The van der Waals surface area contributed by atoms with Gasteiger partial charge in [0, 0.05) is 17.5 Å². The number of carbonyl (C=O) groups is 1. The summed E-state index contributed by atoms with van der Waals surface area (Å²) in [6.07, 6.45) is 4.46. The Morgan fingerprint density at radius 2 is 2.10 bits per heavy atom. The van der Waals surface area contributed by atoms with E-state index in [0.717, 1.165) is 47.9 Å². The zero-order valence-corrected chi connectivity index (χ0v) is 11.2. The van der Waals surface area contributed by atoms with Crippen molar-refractivity contribution in [2.24, 2.45) is 0 Å². The Bertz CT molecular complexity index is 682. The molecule has 2 aromatic rings. The average Bonchev–Trinajstić information content (AvgIpc) is 2.44. The summed E-state index contributed by atoms with van der Waals surface area (Å²) >= 11 is 0. The predicted octanol–water partition coefficient (Wildman–Crippen LogP) is 3.27. The Labute approximate surface area is 116 Å². The lowest BCUT2D eigenvalue weighted by Crippen LogP contribution is -2.11. The van der Waals surface area contributed by atoms with Crippen molar-refractivity contribution >= 4 is 16.9 Å². The Hall–Kier alpha value is -1.97. The van der Waals surface area contributed by atoms with Gasteiger partial charge in [-0.3, -0.25) is 4.79 Å². The van der Waals surface area contributed by atoms with Crippen molar-refractivity contribution in [1.82, 2.24) is 4.98 Å². The molecule has 3 rings (SSSR count). The fourth-order valence-corrected chi connectivity index (χ4v) is 3.03. The third kappa shape index (κ3) is 2.26. The molecule has 0 amide bonds. The summed E-state index contributed by atoms with van der Waals surface area (Å²) in [6.45, 7) is 0. The van der Waals surface area contributed by atoms with Gasteiger partial charge < -0.3 is 5.11 Å². The molecule has 1 N–H and O–H groups in total. The Morgan fingerprint density at radius 1 is 1.30 bits per heavy atom. The molecular weight excluding hydrogens is 257 g/mol. The second kappa shape index (κ2) is 5.19. The number of aliphatic carboxylic acids is 1. The van der Waals surface area contributed by atoms with Gasteiger partial charge in [0.15, 0.2) is 0 Å². The number of pyridine rings is 1. The van der Waals surface area contributed by atoms with E-state index in [1.807, 2.05) is 6.07 Å². The van der Waals surface area contributed by atoms with E-state index in [-0.39, 0.29) is 12.2 Å². The highest BCUT2D eigenvalue weighted by atomic mass is 19.1. The van der Waals surface area contributed by atoms with Gasteiger partial charge in [0.05, 0.1) is 0 Å². The van der Waals surface area contributed by atoms with Crippen molar-refractivity contribution in [3.05, 3.63) is 40.8 Å². The summed E-state index contributed by atoms with van der Waals surface area (Å²) in [5.41, 5.74) is 3.46. The van der Waals surface area contributed by atoms with E-state index < -0.39 is 5.97 Å². The smallest absolute Gasteiger partial charge is 0.303 e. The highest BCUT2D eigenvalue weighted by Gasteiger charge is 2.19. The molecule has 0 unspecified atom stereocenters. The summed E-state index contributed by atoms with van der Waals surface area (Å²) in [4.78, 5) is 15.3. The minimum Gasteiger partial charge on any atom is -0.481 e. The minimum absolute atomic E-state index is 0.0715. The van der Waals surface area contributed by atoms with Crippen LogP contribution in [0.5, 0.6) is 0 Å². The van der Waals surface area contributed by atoms with Crippen LogP contribution in [0.4, 0.5) is 4.39 Å². The lowest BCUT2D eigenvalue weighted by Gasteiger charge is -2.20. The number of hydrogen-bond donors (Lipinski definition) is 1. The number of carboxylic acids is 1. The van der Waals surface area contributed by atoms with Crippen molar-refractivity contribution in [1.29, 1.82) is 0 Å². The monoisotopic (exact) mass is 273 g/mol. The summed E-state index contributed by atoms with van der Waals surface area (Å²) in [7, 11) is 0. The lowest BCUT2D eigenvalue weighted by molar-refractivity contribution is -0.136. The van der Waals surface area contributed by atoms with Gasteiger partial charge in [-0.1, -0.05) is 12.1 Å². The largest absolute Gasteiger partial charge is 0.481 e. The first-order chi connectivity index (χ1) is 9.66. The van der Waals surface area contributed by atoms with Gasteiger partial charge in [-0.25, -0.2) is 9.37 Å². The van der Waals surface area contributed by atoms with Crippen LogP contribution in [0.1, 0.15) is 36.1 Å². The summed E-state index contributed by atoms with van der Waals surface area (Å²) in [5.74, 6) is -1.15. The number of benzene rings is 1. The molecule has 0 atom stereocenters. The van der Waals surface area contributed by atoms with Crippen LogP contribution in [-0.4, -0.2) is 16.1 Å². The molecule has 1 heterocycles. The molecule has 1 aromatic carbocycles. The molecule has 0 spiro atoms. The van der Waals surface area contributed by atoms with Crippen LogP contribution in [0.25, 0.3) is 10.9 Å². The maximum absolute atomic E-state index is 14.0. The summed E-state index contributed by atoms with van der Waals surface area (Å²) in [6, 6.07) is 4.92. The van der Waals surface area contributed by atoms with Crippen molar-refractivity contribution in [2.75, 3.05) is 0 Å². The second-order valence-corrected chi connectivity index (χ2v) is 5.25. The molecule has 1 aliphatic carbocycles. The number of aryl methyl sites for hydroxylation is 2. The first-order valence-corrected chi connectivity index (χ1v) is 6.97. The molecule has 0 fully saturated rings. The van der Waals surface area contributed by atoms with E-state index in [1.165, 1.54) is 6.07 Å². The van der Waals surface area contributed by atoms with E-state index in [0.29, 0.717) is 11.9 Å². The summed E-state index contributed by atoms with van der Waals surface area (Å²) < 4.78 is 14.0. The quantitative estimate of drug-likeness (QED) is 0.933. The molecule has 0 aliphatic heterocycles. The molecule has 0 saturated heterocycles. The van der Waals surface area contributed by atoms with Crippen LogP contribution in [0.15, 0.2) is 18.2 Å². The van der Waals surface area contributed by atoms with Gasteiger partial charge >= 0.3 is 5.97 Å². The van der Waals surface area contributed by atoms with Gasteiger partial charge in [-0.15, -0.1) is 0 Å². The topological polar surface area (TPSA) is 50.2 Å². The number of halogens is 1. The second-order valence-electron chi connectivity index (χ2n) is 5.25. The fourth-order valence-electron chi connectivity index (χ4n) is 3.03. The van der Waals surface area contributed by atoms with E-state index in [2.05, 4.69) is 4.98 Å². The van der Waals surface area contributed by atoms with Crippen LogP contribution in [-0.2, 0) is 24.1 Å². The fraction of sp³-hybridized carbons (Fsp3) is 0.375. The van der Waals surface area contributed by atoms with E-state index in [4.69, 9.17) is 5.11 Å². The lowest BCUT2D eigenvalue weighted by atomic mass is 9.88. The first kappa shape index (κ1) is 13.0. The third-order valence-electron chi connectivity index (χ3n) is 3.95. The molecule has 3 nitrogen and oxygen atoms in total. The maximum Gasteiger partial charge on any atom is 0.303 e. The van der Waals surface area contributed by atoms with Crippen molar-refractivity contribution < 1.29 is 14.3 Å². The Balaban J connectivity index is 2.21. The van der Waals surface area contributed by atoms with Gasteiger partial charge in [0.1, 0.15) is 11.3 Å². The van der Waals surface area contributed by atoms with Crippen molar-refractivity contribution in [2.45, 2.75) is 38.5 Å². The van der Waals surface area contributed by atoms with Gasteiger partial charge in [-0.05, 0) is 49.3 Å². The predicted molar refractivity (Wildman–Crippen MR) is 74.3 cm³/mol. The highest BCUT2D eigenvalue weighted by Crippen LogP contribution is 2.31. The van der Waals surface area contributed by atoms with Crippen LogP contribution in [0.3, 0.4) is 0 Å². The number of para-hydroxylation sites is 1. The molecule has 4 heteroatoms. The SMILES string of the molecule is O=C(O)CCc1c2c(nc3c(F)cccc13)CCCC2. The average molecular weight is 273 g/mol. The number of rotatable bonds is 3. The van der Waals surface area contributed by atoms with Crippen molar-refractivity contribution in [3.63, 3.8) is 0 Å². The van der Waals surface area contributed by atoms with Gasteiger partial charge in [-0.2, -0.15) is 0 Å². The highest BCUT2D eigenvalue weighted by molar-refractivity contribution is 5.85. The molecule has 1 aliphatic rings. The molecule has 0 radical (unpaired) electrons. The molecular formula is C16H16FNO2. The van der Waals surface area contributed by atoms with E-state index >= 15 is 0 Å². The number of aromatic nitrogens is 1. The molecule has 0 bridgehead atoms. The standard InChI is InChI=1S/C16H16FNO2/c17-13-6-3-5-12-10(8-9-15(19)20)11-4-1-2-7-14(11)18-16(12)13/h3,5-6H,1-2,4,7-9H2,(H,19,20). The van der Waals surface area contributed by atoms with Gasteiger partial charge in [0.25, 0.3) is 0 Å². The molecule has 20 heavy (non-hydrogen) atoms. The van der Waals surface area contributed by atoms with Crippen LogP contribution in [0.2, 0.25) is 0 Å². The van der Waals surface area contributed by atoms with Crippen molar-refractivity contribution in [3.8, 4) is 0 Å². The normalized spacial score (nSPS) is 14.2.